The number of amides is 1. The zero-order valence-corrected chi connectivity index (χ0v) is 16.1. The molecule has 1 heterocycles. The van der Waals surface area contributed by atoms with Crippen LogP contribution in [-0.2, 0) is 6.54 Å². The third-order valence-electron chi connectivity index (χ3n) is 4.70. The second-order valence-electron chi connectivity index (χ2n) is 6.66. The summed E-state index contributed by atoms with van der Waals surface area (Å²) >= 11 is 6.19. The van der Waals surface area contributed by atoms with Crippen LogP contribution < -0.4 is 5.32 Å². The van der Waals surface area contributed by atoms with Gasteiger partial charge >= 0.3 is 0 Å². The summed E-state index contributed by atoms with van der Waals surface area (Å²) in [6.07, 6.45) is 1.63. The molecule has 0 radical (unpaired) electrons. The number of carbonyl (C=O) groups is 1. The lowest BCUT2D eigenvalue weighted by molar-refractivity contribution is 0.0935. The van der Waals surface area contributed by atoms with E-state index in [0.29, 0.717) is 11.6 Å². The van der Waals surface area contributed by atoms with E-state index in [4.69, 9.17) is 11.6 Å². The van der Waals surface area contributed by atoms with Crippen LogP contribution in [0.25, 0.3) is 10.8 Å². The van der Waals surface area contributed by atoms with Crippen LogP contribution in [-0.4, -0.2) is 20.9 Å². The van der Waals surface area contributed by atoms with Crippen LogP contribution in [0.4, 0.5) is 0 Å². The molecule has 0 fully saturated rings. The van der Waals surface area contributed by atoms with Gasteiger partial charge in [-0.05, 0) is 34.9 Å². The van der Waals surface area contributed by atoms with Crippen molar-refractivity contribution in [3.8, 4) is 0 Å². The average molecular weight is 391 g/mol. The highest BCUT2D eigenvalue weighted by Crippen LogP contribution is 2.24. The Morgan fingerprint density at radius 1 is 1.07 bits per heavy atom. The number of nitrogens with zero attached hydrogens (tertiary/aromatic N) is 3. The quantitative estimate of drug-likeness (QED) is 0.540. The van der Waals surface area contributed by atoms with Gasteiger partial charge in [-0.2, -0.15) is 0 Å². The number of nitrogens with one attached hydrogen (secondary N) is 1. The van der Waals surface area contributed by atoms with Crippen LogP contribution in [0.15, 0.2) is 72.9 Å². The van der Waals surface area contributed by atoms with Gasteiger partial charge in [0.25, 0.3) is 5.91 Å². The number of halogens is 1. The van der Waals surface area contributed by atoms with Gasteiger partial charge in [0.05, 0.1) is 18.8 Å². The molecule has 28 heavy (non-hydrogen) atoms. The maximum atomic E-state index is 12.6. The first-order valence-electron chi connectivity index (χ1n) is 9.04. The molecule has 4 rings (SSSR count). The molecular formula is C22H19ClN4O. The van der Waals surface area contributed by atoms with Crippen LogP contribution in [0.3, 0.4) is 0 Å². The molecule has 5 nitrogen and oxygen atoms in total. The van der Waals surface area contributed by atoms with Crippen molar-refractivity contribution in [2.45, 2.75) is 19.5 Å². The fourth-order valence-electron chi connectivity index (χ4n) is 3.26. The number of aromatic nitrogens is 3. The van der Waals surface area contributed by atoms with Crippen LogP contribution in [0.1, 0.15) is 34.6 Å². The Morgan fingerprint density at radius 2 is 1.82 bits per heavy atom. The van der Waals surface area contributed by atoms with Crippen molar-refractivity contribution in [2.75, 3.05) is 0 Å². The maximum Gasteiger partial charge on any atom is 0.273 e. The number of rotatable bonds is 5. The van der Waals surface area contributed by atoms with Crippen molar-refractivity contribution < 1.29 is 4.79 Å². The summed E-state index contributed by atoms with van der Waals surface area (Å²) in [5.41, 5.74) is 2.26. The Bertz CT molecular complexity index is 1130. The molecule has 1 aromatic heterocycles. The molecule has 4 aromatic rings. The summed E-state index contributed by atoms with van der Waals surface area (Å²) in [5, 5.41) is 14.0. The van der Waals surface area contributed by atoms with Gasteiger partial charge in [0.1, 0.15) is 0 Å². The van der Waals surface area contributed by atoms with Gasteiger partial charge in [-0.3, -0.25) is 4.79 Å². The minimum atomic E-state index is -0.258. The van der Waals surface area contributed by atoms with Gasteiger partial charge in [-0.1, -0.05) is 77.5 Å². The Hall–Kier alpha value is -3.18. The van der Waals surface area contributed by atoms with E-state index >= 15 is 0 Å². The van der Waals surface area contributed by atoms with Gasteiger partial charge in [0, 0.05) is 5.02 Å². The normalized spacial score (nSPS) is 12.1. The van der Waals surface area contributed by atoms with E-state index in [1.807, 2.05) is 55.5 Å². The number of carbonyl (C=O) groups excluding carboxylic acids is 1. The molecule has 0 bridgehead atoms. The van der Waals surface area contributed by atoms with Crippen molar-refractivity contribution >= 4 is 28.3 Å². The Kier molecular flexibility index (Phi) is 5.08. The molecule has 0 aliphatic heterocycles. The van der Waals surface area contributed by atoms with Gasteiger partial charge in [0.15, 0.2) is 5.69 Å². The lowest BCUT2D eigenvalue weighted by Crippen LogP contribution is -2.27. The fraction of sp³-hybridized carbons (Fsp3) is 0.136. The van der Waals surface area contributed by atoms with E-state index in [0.717, 1.165) is 21.9 Å². The molecular weight excluding hydrogens is 372 g/mol. The molecule has 0 saturated heterocycles. The van der Waals surface area contributed by atoms with E-state index in [-0.39, 0.29) is 17.6 Å². The van der Waals surface area contributed by atoms with E-state index in [1.165, 1.54) is 0 Å². The highest BCUT2D eigenvalue weighted by atomic mass is 35.5. The molecule has 1 amide bonds. The standard InChI is InChI=1S/C22H19ClN4O/c1-15(18-11-6-9-16-7-2-4-10-19(16)18)24-22(28)21-14-27(26-25-21)13-17-8-3-5-12-20(17)23/h2-12,14-15H,13H2,1H3,(H,24,28)/t15-/m0/s1. The number of fused-ring (bicyclic) bond motifs is 1. The smallest absolute Gasteiger partial charge is 0.273 e. The fourth-order valence-corrected chi connectivity index (χ4v) is 3.45. The molecule has 0 spiro atoms. The zero-order chi connectivity index (χ0) is 19.5. The third-order valence-corrected chi connectivity index (χ3v) is 5.07. The predicted octanol–water partition coefficient (Wildman–Crippen LogP) is 4.62. The first-order valence-corrected chi connectivity index (χ1v) is 9.41. The minimum Gasteiger partial charge on any atom is -0.344 e. The molecule has 0 aliphatic carbocycles. The summed E-state index contributed by atoms with van der Waals surface area (Å²) in [4.78, 5) is 12.6. The minimum absolute atomic E-state index is 0.160. The molecule has 140 valence electrons. The first kappa shape index (κ1) is 18.2. The molecule has 1 atom stereocenters. The van der Waals surface area contributed by atoms with Crippen molar-refractivity contribution in [2.24, 2.45) is 0 Å². The second kappa shape index (κ2) is 7.82. The zero-order valence-electron chi connectivity index (χ0n) is 15.3. The number of hydrogen-bond donors (Lipinski definition) is 1. The summed E-state index contributed by atoms with van der Waals surface area (Å²) in [5.74, 6) is -0.258. The van der Waals surface area contributed by atoms with Crippen LogP contribution in [0.2, 0.25) is 5.02 Å². The van der Waals surface area contributed by atoms with Gasteiger partial charge in [-0.15, -0.1) is 5.10 Å². The molecule has 1 N–H and O–H groups in total. The molecule has 0 saturated carbocycles. The Morgan fingerprint density at radius 3 is 2.68 bits per heavy atom. The highest BCUT2D eigenvalue weighted by molar-refractivity contribution is 6.31. The van der Waals surface area contributed by atoms with Crippen LogP contribution >= 0.6 is 11.6 Å². The van der Waals surface area contributed by atoms with Crippen molar-refractivity contribution in [1.29, 1.82) is 0 Å². The Labute approximate surface area is 167 Å². The molecule has 0 aliphatic rings. The van der Waals surface area contributed by atoms with E-state index < -0.39 is 0 Å². The van der Waals surface area contributed by atoms with Crippen molar-refractivity contribution in [1.82, 2.24) is 20.3 Å². The largest absolute Gasteiger partial charge is 0.344 e. The van der Waals surface area contributed by atoms with Gasteiger partial charge in [0.2, 0.25) is 0 Å². The first-order chi connectivity index (χ1) is 13.6. The molecule has 3 aromatic carbocycles. The Balaban J connectivity index is 1.49. The number of hydrogen-bond acceptors (Lipinski definition) is 3. The predicted molar refractivity (Wildman–Crippen MR) is 110 cm³/mol. The molecule has 0 unspecified atom stereocenters. The number of benzene rings is 3. The summed E-state index contributed by atoms with van der Waals surface area (Å²) in [6.45, 7) is 2.42. The maximum absolute atomic E-state index is 12.6. The van der Waals surface area contributed by atoms with Crippen molar-refractivity contribution in [3.05, 3.63) is 94.8 Å². The second-order valence-corrected chi connectivity index (χ2v) is 7.06. The van der Waals surface area contributed by atoms with E-state index in [9.17, 15) is 4.79 Å². The van der Waals surface area contributed by atoms with Crippen LogP contribution in [0.5, 0.6) is 0 Å². The summed E-state index contributed by atoms with van der Waals surface area (Å²) in [7, 11) is 0. The summed E-state index contributed by atoms with van der Waals surface area (Å²) in [6, 6.07) is 21.6. The van der Waals surface area contributed by atoms with Gasteiger partial charge < -0.3 is 5.32 Å². The van der Waals surface area contributed by atoms with Gasteiger partial charge in [-0.25, -0.2) is 4.68 Å². The lowest BCUT2D eigenvalue weighted by Gasteiger charge is -2.15. The molecule has 6 heteroatoms. The SMILES string of the molecule is C[C@H](NC(=O)c1cn(Cc2ccccc2Cl)nn1)c1cccc2ccccc12. The van der Waals surface area contributed by atoms with E-state index in [2.05, 4.69) is 33.8 Å². The van der Waals surface area contributed by atoms with Crippen LogP contribution in [0, 0.1) is 0 Å². The highest BCUT2D eigenvalue weighted by Gasteiger charge is 2.16. The topological polar surface area (TPSA) is 59.8 Å². The summed E-state index contributed by atoms with van der Waals surface area (Å²) < 4.78 is 1.61. The van der Waals surface area contributed by atoms with E-state index in [1.54, 1.807) is 10.9 Å². The average Bonchev–Trinajstić information content (AvgIpc) is 3.18. The third kappa shape index (κ3) is 3.75. The monoisotopic (exact) mass is 390 g/mol. The lowest BCUT2D eigenvalue weighted by atomic mass is 9.99. The van der Waals surface area contributed by atoms with Crippen molar-refractivity contribution in [3.63, 3.8) is 0 Å².